The van der Waals surface area contributed by atoms with Crippen LogP contribution in [0.4, 0.5) is 10.5 Å². The second kappa shape index (κ2) is 8.04. The zero-order valence-electron chi connectivity index (χ0n) is 13.5. The summed E-state index contributed by atoms with van der Waals surface area (Å²) in [4.78, 5) is 24.0. The summed E-state index contributed by atoms with van der Waals surface area (Å²) in [5.74, 6) is 1.76. The van der Waals surface area contributed by atoms with Crippen LogP contribution in [-0.2, 0) is 21.3 Å². The lowest BCUT2D eigenvalue weighted by atomic mass is 10.2. The van der Waals surface area contributed by atoms with Crippen LogP contribution in [-0.4, -0.2) is 43.6 Å². The molecule has 0 fully saturated rings. The summed E-state index contributed by atoms with van der Waals surface area (Å²) < 4.78 is 16.5. The minimum atomic E-state index is -0.694. The number of carbonyl (C=O) groups is 2. The van der Waals surface area contributed by atoms with E-state index < -0.39 is 12.1 Å². The Morgan fingerprint density at radius 1 is 1.29 bits per heavy atom. The van der Waals surface area contributed by atoms with Crippen LogP contribution in [0.2, 0.25) is 0 Å². The van der Waals surface area contributed by atoms with E-state index in [1.807, 2.05) is 18.2 Å². The first-order chi connectivity index (χ1) is 11.6. The van der Waals surface area contributed by atoms with Crippen molar-refractivity contribution in [2.45, 2.75) is 0 Å². The number of fused-ring (bicyclic) bond motifs is 1. The van der Waals surface area contributed by atoms with E-state index in [9.17, 15) is 9.59 Å². The van der Waals surface area contributed by atoms with Gasteiger partial charge in [-0.2, -0.15) is 0 Å². The number of benzene rings is 1. The molecule has 1 aromatic heterocycles. The summed E-state index contributed by atoms with van der Waals surface area (Å²) in [5, 5.41) is 3.31. The van der Waals surface area contributed by atoms with Gasteiger partial charge in [0.05, 0.1) is 24.9 Å². The van der Waals surface area contributed by atoms with E-state index in [1.54, 1.807) is 17.7 Å². The van der Waals surface area contributed by atoms with Gasteiger partial charge in [0.15, 0.2) is 5.69 Å². The molecule has 0 unspecified atom stereocenters. The predicted octanol–water partition coefficient (Wildman–Crippen LogP) is 2.16. The van der Waals surface area contributed by atoms with Crippen LogP contribution in [0.1, 0.15) is 10.5 Å². The average molecular weight is 330 g/mol. The van der Waals surface area contributed by atoms with Crippen molar-refractivity contribution in [2.24, 2.45) is 7.05 Å². The lowest BCUT2D eigenvalue weighted by molar-refractivity contribution is 0.0591. The van der Waals surface area contributed by atoms with E-state index in [0.717, 1.165) is 5.52 Å². The van der Waals surface area contributed by atoms with Crippen LogP contribution >= 0.6 is 0 Å². The first-order valence-electron chi connectivity index (χ1n) is 7.20. The third-order valence-electron chi connectivity index (χ3n) is 3.36. The second-order valence-electron chi connectivity index (χ2n) is 4.81. The summed E-state index contributed by atoms with van der Waals surface area (Å²) in [7, 11) is 3.00. The zero-order chi connectivity index (χ0) is 17.5. The number of nitrogens with one attached hydrogen (secondary N) is 1. The Kier molecular flexibility index (Phi) is 5.82. The number of hydrogen-bond donors (Lipinski definition) is 1. The topological polar surface area (TPSA) is 78.8 Å². The fourth-order valence-electron chi connectivity index (χ4n) is 2.32. The highest BCUT2D eigenvalue weighted by Gasteiger charge is 2.23. The highest BCUT2D eigenvalue weighted by atomic mass is 16.6. The fourth-order valence-corrected chi connectivity index (χ4v) is 2.32. The standard InChI is InChI=1S/C17H18N2O5/c1-4-9-23-10-11-24-17(21)18-14-12-7-5-6-8-13(12)19(2)15(14)16(20)22-3/h1,5-8H,9-11H2,2-3H3,(H,18,21). The maximum absolute atomic E-state index is 12.1. The highest BCUT2D eigenvalue weighted by molar-refractivity contribution is 6.10. The summed E-state index contributed by atoms with van der Waals surface area (Å²) in [6, 6.07) is 7.29. The van der Waals surface area contributed by atoms with Crippen LogP contribution in [0.15, 0.2) is 24.3 Å². The minimum Gasteiger partial charge on any atom is -0.464 e. The van der Waals surface area contributed by atoms with E-state index >= 15 is 0 Å². The molecule has 1 amide bonds. The van der Waals surface area contributed by atoms with Gasteiger partial charge in [0.25, 0.3) is 0 Å². The zero-order valence-corrected chi connectivity index (χ0v) is 13.5. The van der Waals surface area contributed by atoms with Crippen molar-refractivity contribution in [1.29, 1.82) is 0 Å². The van der Waals surface area contributed by atoms with Crippen molar-refractivity contribution in [1.82, 2.24) is 4.57 Å². The maximum atomic E-state index is 12.1. The van der Waals surface area contributed by atoms with Crippen molar-refractivity contribution in [3.63, 3.8) is 0 Å². The minimum absolute atomic E-state index is 0.0475. The number of carbonyl (C=O) groups excluding carboxylic acids is 2. The Morgan fingerprint density at radius 2 is 2.04 bits per heavy atom. The molecule has 0 aliphatic rings. The summed E-state index contributed by atoms with van der Waals surface area (Å²) in [6.07, 6.45) is 4.35. The van der Waals surface area contributed by atoms with Gasteiger partial charge in [-0.3, -0.25) is 5.32 Å². The third-order valence-corrected chi connectivity index (χ3v) is 3.36. The molecule has 0 aliphatic carbocycles. The van der Waals surface area contributed by atoms with Crippen molar-refractivity contribution < 1.29 is 23.8 Å². The number of anilines is 1. The Bertz CT molecular complexity index is 788. The summed E-state index contributed by atoms with van der Waals surface area (Å²) in [5.41, 5.74) is 1.36. The van der Waals surface area contributed by atoms with Crippen LogP contribution in [0, 0.1) is 12.3 Å². The van der Waals surface area contributed by atoms with Crippen molar-refractivity contribution in [3.05, 3.63) is 30.0 Å². The SMILES string of the molecule is C#CCOCCOC(=O)Nc1c(C(=O)OC)n(C)c2ccccc12. The number of ether oxygens (including phenoxy) is 3. The summed E-state index contributed by atoms with van der Waals surface area (Å²) in [6.45, 7) is 0.393. The Hall–Kier alpha value is -2.98. The van der Waals surface area contributed by atoms with Crippen molar-refractivity contribution >= 4 is 28.7 Å². The lowest BCUT2D eigenvalue weighted by Gasteiger charge is -2.08. The second-order valence-corrected chi connectivity index (χ2v) is 4.81. The smallest absolute Gasteiger partial charge is 0.411 e. The van der Waals surface area contributed by atoms with E-state index in [4.69, 9.17) is 20.6 Å². The highest BCUT2D eigenvalue weighted by Crippen LogP contribution is 2.30. The maximum Gasteiger partial charge on any atom is 0.411 e. The van der Waals surface area contributed by atoms with Gasteiger partial charge in [-0.25, -0.2) is 9.59 Å². The first-order valence-corrected chi connectivity index (χ1v) is 7.20. The Morgan fingerprint density at radius 3 is 2.75 bits per heavy atom. The molecule has 2 aromatic rings. The lowest BCUT2D eigenvalue weighted by Crippen LogP contribution is -2.19. The van der Waals surface area contributed by atoms with Crippen LogP contribution in [0.3, 0.4) is 0 Å². The Balaban J connectivity index is 2.20. The number of hydrogen-bond acceptors (Lipinski definition) is 5. The number of para-hydroxylation sites is 1. The normalized spacial score (nSPS) is 10.2. The van der Waals surface area contributed by atoms with Gasteiger partial charge in [0, 0.05) is 12.4 Å². The molecule has 0 radical (unpaired) electrons. The summed E-state index contributed by atoms with van der Waals surface area (Å²) >= 11 is 0. The van der Waals surface area contributed by atoms with Crippen LogP contribution in [0.5, 0.6) is 0 Å². The molecule has 0 spiro atoms. The average Bonchev–Trinajstić information content (AvgIpc) is 2.87. The molecule has 7 nitrogen and oxygen atoms in total. The van der Waals surface area contributed by atoms with Gasteiger partial charge in [-0.15, -0.1) is 6.42 Å². The van der Waals surface area contributed by atoms with Gasteiger partial charge < -0.3 is 18.8 Å². The largest absolute Gasteiger partial charge is 0.464 e. The Labute approximate surface area is 139 Å². The van der Waals surface area contributed by atoms with Crippen LogP contribution < -0.4 is 5.32 Å². The van der Waals surface area contributed by atoms with Gasteiger partial charge >= 0.3 is 12.1 Å². The molecule has 7 heteroatoms. The third kappa shape index (κ3) is 3.67. The molecule has 2 rings (SSSR count). The molecule has 24 heavy (non-hydrogen) atoms. The quantitative estimate of drug-likeness (QED) is 0.499. The molecule has 1 heterocycles. The number of terminal acetylenes is 1. The monoisotopic (exact) mass is 330 g/mol. The number of rotatable bonds is 6. The molecular weight excluding hydrogens is 312 g/mol. The number of nitrogens with zero attached hydrogens (tertiary/aromatic N) is 1. The molecule has 0 bridgehead atoms. The molecule has 0 atom stereocenters. The molecule has 0 aliphatic heterocycles. The molecule has 1 N–H and O–H groups in total. The van der Waals surface area contributed by atoms with Crippen molar-refractivity contribution in [3.8, 4) is 12.3 Å². The fraction of sp³-hybridized carbons (Fsp3) is 0.294. The molecule has 0 saturated carbocycles. The van der Waals surface area contributed by atoms with E-state index in [1.165, 1.54) is 7.11 Å². The van der Waals surface area contributed by atoms with Gasteiger partial charge in [0.1, 0.15) is 13.2 Å². The first kappa shape index (κ1) is 17.4. The van der Waals surface area contributed by atoms with E-state index in [2.05, 4.69) is 11.2 Å². The van der Waals surface area contributed by atoms with E-state index in [0.29, 0.717) is 11.1 Å². The molecule has 1 aromatic carbocycles. The molecular formula is C17H18N2O5. The number of aromatic nitrogens is 1. The van der Waals surface area contributed by atoms with Gasteiger partial charge in [-0.05, 0) is 6.07 Å². The molecule has 0 saturated heterocycles. The number of aryl methyl sites for hydroxylation is 1. The molecule has 126 valence electrons. The van der Waals surface area contributed by atoms with Crippen molar-refractivity contribution in [2.75, 3.05) is 32.2 Å². The predicted molar refractivity (Wildman–Crippen MR) is 88.9 cm³/mol. The van der Waals surface area contributed by atoms with E-state index in [-0.39, 0.29) is 25.5 Å². The number of methoxy groups -OCH3 is 1. The van der Waals surface area contributed by atoms with Gasteiger partial charge in [0.2, 0.25) is 0 Å². The number of esters is 1. The van der Waals surface area contributed by atoms with Gasteiger partial charge in [-0.1, -0.05) is 24.1 Å². The van der Waals surface area contributed by atoms with Crippen LogP contribution in [0.25, 0.3) is 10.9 Å². The number of amides is 1.